The maximum Gasteiger partial charge on any atom is 0.161 e. The Hall–Kier alpha value is -1.44. The van der Waals surface area contributed by atoms with Gasteiger partial charge in [-0.05, 0) is 43.4 Å². The van der Waals surface area contributed by atoms with E-state index in [0.717, 1.165) is 24.3 Å². The fourth-order valence-corrected chi connectivity index (χ4v) is 2.57. The van der Waals surface area contributed by atoms with Crippen molar-refractivity contribution in [1.82, 2.24) is 0 Å². The Kier molecular flexibility index (Phi) is 6.49. The summed E-state index contributed by atoms with van der Waals surface area (Å²) in [6.07, 6.45) is 12.3. The summed E-state index contributed by atoms with van der Waals surface area (Å²) in [5.41, 5.74) is 1.36. The number of benzene rings is 1. The lowest BCUT2D eigenvalue weighted by Crippen LogP contribution is -2.15. The van der Waals surface area contributed by atoms with Crippen molar-refractivity contribution < 1.29 is 9.47 Å². The Labute approximate surface area is 122 Å². The minimum atomic E-state index is 0.665. The number of rotatable bonds is 9. The molecule has 2 rings (SSSR count). The summed E-state index contributed by atoms with van der Waals surface area (Å²) in [6, 6.07) is 6.34. The van der Waals surface area contributed by atoms with E-state index in [9.17, 15) is 0 Å². The highest BCUT2D eigenvalue weighted by molar-refractivity contribution is 5.43. The molecule has 1 aromatic rings. The fraction of sp³-hybridized carbons (Fsp3) is 0.556. The van der Waals surface area contributed by atoms with Crippen molar-refractivity contribution in [3.63, 3.8) is 0 Å². The van der Waals surface area contributed by atoms with Crippen molar-refractivity contribution in [2.24, 2.45) is 0 Å². The lowest BCUT2D eigenvalue weighted by Gasteiger charge is -2.18. The molecule has 0 bridgehead atoms. The van der Waals surface area contributed by atoms with Crippen molar-refractivity contribution in [2.75, 3.05) is 13.2 Å². The summed E-state index contributed by atoms with van der Waals surface area (Å²) in [6.45, 7) is 5.09. The Balaban J connectivity index is 1.61. The number of hydrogen-bond donors (Lipinski definition) is 0. The van der Waals surface area contributed by atoms with Gasteiger partial charge in [-0.2, -0.15) is 0 Å². The minimum absolute atomic E-state index is 0.665. The van der Waals surface area contributed by atoms with Crippen LogP contribution in [0.1, 0.15) is 50.5 Å². The quantitative estimate of drug-likeness (QED) is 0.470. The van der Waals surface area contributed by atoms with E-state index in [1.807, 2.05) is 12.1 Å². The van der Waals surface area contributed by atoms with Gasteiger partial charge in [-0.1, -0.05) is 37.8 Å². The Morgan fingerprint density at radius 2 is 1.60 bits per heavy atom. The monoisotopic (exact) mass is 274 g/mol. The molecule has 2 heteroatoms. The molecule has 20 heavy (non-hydrogen) atoms. The number of aryl methyl sites for hydroxylation is 1. The third kappa shape index (κ3) is 4.92. The van der Waals surface area contributed by atoms with E-state index in [-0.39, 0.29) is 0 Å². The van der Waals surface area contributed by atoms with Crippen LogP contribution >= 0.6 is 0 Å². The van der Waals surface area contributed by atoms with Crippen LogP contribution in [-0.4, -0.2) is 13.2 Å². The number of hydrogen-bond acceptors (Lipinski definition) is 2. The van der Waals surface area contributed by atoms with Crippen molar-refractivity contribution in [3.05, 3.63) is 36.4 Å². The van der Waals surface area contributed by atoms with Crippen LogP contribution in [0.25, 0.3) is 0 Å². The molecule has 0 radical (unpaired) electrons. The molecule has 0 amide bonds. The summed E-state index contributed by atoms with van der Waals surface area (Å²) in [5.74, 6) is 1.81. The lowest BCUT2D eigenvalue weighted by atomic mass is 10.0. The van der Waals surface area contributed by atoms with E-state index in [1.54, 1.807) is 0 Å². The zero-order valence-electron chi connectivity index (χ0n) is 12.4. The summed E-state index contributed by atoms with van der Waals surface area (Å²) in [4.78, 5) is 0. The second-order valence-corrected chi connectivity index (χ2v) is 5.43. The molecule has 0 fully saturated rings. The van der Waals surface area contributed by atoms with Gasteiger partial charge in [0.1, 0.15) is 13.2 Å². The molecule has 1 aliphatic heterocycles. The van der Waals surface area contributed by atoms with E-state index in [1.165, 1.54) is 44.1 Å². The Morgan fingerprint density at radius 1 is 0.900 bits per heavy atom. The number of fused-ring (bicyclic) bond motifs is 1. The van der Waals surface area contributed by atoms with E-state index in [2.05, 4.69) is 18.7 Å². The maximum absolute atomic E-state index is 5.61. The maximum atomic E-state index is 5.61. The van der Waals surface area contributed by atoms with E-state index < -0.39 is 0 Å². The van der Waals surface area contributed by atoms with Crippen molar-refractivity contribution in [2.45, 2.75) is 51.4 Å². The van der Waals surface area contributed by atoms with Crippen molar-refractivity contribution in [1.29, 1.82) is 0 Å². The van der Waals surface area contributed by atoms with Gasteiger partial charge in [-0.3, -0.25) is 0 Å². The largest absolute Gasteiger partial charge is 0.486 e. The standard InChI is InChI=1S/C18H26O2/c1-2-3-4-5-6-7-8-9-10-16-11-12-17-18(15-16)20-14-13-19-17/h2,11-12,15H,1,3-10,13-14H2. The van der Waals surface area contributed by atoms with Gasteiger partial charge in [0.05, 0.1) is 0 Å². The van der Waals surface area contributed by atoms with Gasteiger partial charge in [-0.15, -0.1) is 6.58 Å². The summed E-state index contributed by atoms with van der Waals surface area (Å²) < 4.78 is 11.1. The molecule has 0 aromatic heterocycles. The SMILES string of the molecule is C=CCCCCCCCCc1ccc2c(c1)OCCO2. The van der Waals surface area contributed by atoms with Gasteiger partial charge in [0.15, 0.2) is 11.5 Å². The Bertz CT molecular complexity index is 412. The summed E-state index contributed by atoms with van der Waals surface area (Å²) in [7, 11) is 0. The smallest absolute Gasteiger partial charge is 0.161 e. The third-order valence-corrected chi connectivity index (χ3v) is 3.73. The van der Waals surface area contributed by atoms with Gasteiger partial charge >= 0.3 is 0 Å². The first-order valence-corrected chi connectivity index (χ1v) is 7.89. The van der Waals surface area contributed by atoms with Gasteiger partial charge in [0, 0.05) is 0 Å². The molecule has 0 saturated heterocycles. The Morgan fingerprint density at radius 3 is 2.40 bits per heavy atom. The van der Waals surface area contributed by atoms with E-state index in [0.29, 0.717) is 13.2 Å². The normalized spacial score (nSPS) is 13.2. The zero-order valence-corrected chi connectivity index (χ0v) is 12.4. The highest BCUT2D eigenvalue weighted by Gasteiger charge is 2.11. The van der Waals surface area contributed by atoms with E-state index >= 15 is 0 Å². The van der Waals surface area contributed by atoms with E-state index in [4.69, 9.17) is 9.47 Å². The van der Waals surface area contributed by atoms with Crippen LogP contribution in [0.4, 0.5) is 0 Å². The van der Waals surface area contributed by atoms with Gasteiger partial charge in [0.25, 0.3) is 0 Å². The van der Waals surface area contributed by atoms with Crippen molar-refractivity contribution in [3.8, 4) is 11.5 Å². The molecule has 0 aliphatic carbocycles. The molecule has 0 N–H and O–H groups in total. The van der Waals surface area contributed by atoms with Crippen LogP contribution in [0.3, 0.4) is 0 Å². The average Bonchev–Trinajstić information content (AvgIpc) is 2.50. The van der Waals surface area contributed by atoms with Crippen LogP contribution in [0.15, 0.2) is 30.9 Å². The predicted octanol–water partition coefficient (Wildman–Crippen LogP) is 4.92. The van der Waals surface area contributed by atoms with Crippen LogP contribution < -0.4 is 9.47 Å². The second kappa shape index (κ2) is 8.68. The molecule has 1 heterocycles. The molecular weight excluding hydrogens is 248 g/mol. The molecular formula is C18H26O2. The lowest BCUT2D eigenvalue weighted by molar-refractivity contribution is 0.171. The topological polar surface area (TPSA) is 18.5 Å². The fourth-order valence-electron chi connectivity index (χ4n) is 2.57. The summed E-state index contributed by atoms with van der Waals surface area (Å²) >= 11 is 0. The molecule has 1 aromatic carbocycles. The number of allylic oxidation sites excluding steroid dienone is 1. The van der Waals surface area contributed by atoms with Crippen molar-refractivity contribution >= 4 is 0 Å². The molecule has 2 nitrogen and oxygen atoms in total. The van der Waals surface area contributed by atoms with Crippen LogP contribution in [-0.2, 0) is 6.42 Å². The minimum Gasteiger partial charge on any atom is -0.486 e. The average molecular weight is 274 g/mol. The first kappa shape index (κ1) is 15.0. The van der Waals surface area contributed by atoms with Gasteiger partial charge < -0.3 is 9.47 Å². The van der Waals surface area contributed by atoms with Crippen LogP contribution in [0.5, 0.6) is 11.5 Å². The third-order valence-electron chi connectivity index (χ3n) is 3.73. The second-order valence-electron chi connectivity index (χ2n) is 5.43. The number of ether oxygens (including phenoxy) is 2. The first-order valence-electron chi connectivity index (χ1n) is 7.89. The van der Waals surface area contributed by atoms with Gasteiger partial charge in [0.2, 0.25) is 0 Å². The molecule has 0 spiro atoms. The molecule has 0 atom stereocenters. The highest BCUT2D eigenvalue weighted by Crippen LogP contribution is 2.31. The number of unbranched alkanes of at least 4 members (excludes halogenated alkanes) is 6. The zero-order chi connectivity index (χ0) is 14.0. The van der Waals surface area contributed by atoms with Crippen LogP contribution in [0.2, 0.25) is 0 Å². The first-order chi connectivity index (χ1) is 9.90. The molecule has 0 saturated carbocycles. The highest BCUT2D eigenvalue weighted by atomic mass is 16.6. The predicted molar refractivity (Wildman–Crippen MR) is 83.7 cm³/mol. The summed E-state index contributed by atoms with van der Waals surface area (Å²) in [5, 5.41) is 0. The van der Waals surface area contributed by atoms with Crippen LogP contribution in [0, 0.1) is 0 Å². The molecule has 0 unspecified atom stereocenters. The molecule has 1 aliphatic rings. The van der Waals surface area contributed by atoms with Gasteiger partial charge in [-0.25, -0.2) is 0 Å². The molecule has 110 valence electrons.